The molecule has 6 N–H and O–H groups in total. The normalized spacial score (nSPS) is 28.1. The van der Waals surface area contributed by atoms with Crippen molar-refractivity contribution in [2.45, 2.75) is 50.3 Å². The molecule has 1 saturated heterocycles. The van der Waals surface area contributed by atoms with Crippen LogP contribution in [0.25, 0.3) is 16.9 Å². The second-order valence-corrected chi connectivity index (χ2v) is 12.1. The zero-order chi connectivity index (χ0) is 30.1. The van der Waals surface area contributed by atoms with Crippen LogP contribution < -0.4 is 5.73 Å². The van der Waals surface area contributed by atoms with Crippen LogP contribution in [0.1, 0.15) is 42.4 Å². The number of Topliss-reactive ketones (excluding diaryl/α,β-unsaturated/α-hetero) is 2. The van der Waals surface area contributed by atoms with E-state index in [1.807, 2.05) is 6.07 Å². The van der Waals surface area contributed by atoms with Gasteiger partial charge in [-0.15, -0.1) is 0 Å². The molecule has 4 unspecified atom stereocenters. The number of aromatic hydroxyl groups is 1. The number of aliphatic hydroxyl groups is 3. The first-order valence-corrected chi connectivity index (χ1v) is 14.2. The van der Waals surface area contributed by atoms with Gasteiger partial charge in [0.15, 0.2) is 11.4 Å². The van der Waals surface area contributed by atoms with Crippen LogP contribution in [0.5, 0.6) is 5.75 Å². The Morgan fingerprint density at radius 3 is 2.50 bits per heavy atom. The van der Waals surface area contributed by atoms with Crippen molar-refractivity contribution < 1.29 is 39.2 Å². The van der Waals surface area contributed by atoms with Gasteiger partial charge in [-0.1, -0.05) is 6.42 Å². The number of likely N-dealkylation sites (tertiary alicyclic amines) is 1. The summed E-state index contributed by atoms with van der Waals surface area (Å²) in [6.07, 6.45) is 6.59. The van der Waals surface area contributed by atoms with Gasteiger partial charge in [-0.3, -0.25) is 24.2 Å². The molecular formula is C31H35N3O8. The minimum absolute atomic E-state index is 0.0547. The summed E-state index contributed by atoms with van der Waals surface area (Å²) in [4.78, 5) is 43.5. The number of phenols is 1. The number of piperidine rings is 1. The number of rotatable bonds is 5. The molecular weight excluding hydrogens is 542 g/mol. The lowest BCUT2D eigenvalue weighted by molar-refractivity contribution is -0.153. The van der Waals surface area contributed by atoms with Crippen molar-refractivity contribution in [2.24, 2.45) is 17.6 Å². The van der Waals surface area contributed by atoms with Crippen molar-refractivity contribution in [3.05, 3.63) is 58.3 Å². The maximum Gasteiger partial charge on any atom is 0.255 e. The van der Waals surface area contributed by atoms with Gasteiger partial charge in [-0.05, 0) is 82.0 Å². The number of amides is 1. The largest absolute Gasteiger partial charge is 0.508 e. The van der Waals surface area contributed by atoms with Gasteiger partial charge in [0, 0.05) is 29.2 Å². The van der Waals surface area contributed by atoms with E-state index in [1.165, 1.54) is 17.4 Å². The Balaban J connectivity index is 1.55. The number of fused-ring (bicyclic) bond motifs is 3. The number of likely N-dealkylation sites (N-methyl/N-ethyl adjacent to an activating group) is 1. The van der Waals surface area contributed by atoms with Crippen LogP contribution in [0, 0.1) is 11.8 Å². The number of nitrogens with two attached hydrogens (primary N) is 1. The standard InChI is InChI=1S/C31H35N3O8/c1-33(2)24-20-12-16-10-18-17(13-34-7-4-3-5-8-34)11-19(15-6-9-42-14-15)25(35)22(18)26(36)21(16)28(38)31(20,41)29(39)23(27(24)37)30(32)40/h6,9,11,14,16,20,24,35-36,39,41H,3-5,7-8,10,12-13H2,1-2H3,(H2,32,40). The molecule has 1 aromatic heterocycles. The predicted octanol–water partition coefficient (Wildman–Crippen LogP) is 2.21. The summed E-state index contributed by atoms with van der Waals surface area (Å²) in [6, 6.07) is 2.47. The van der Waals surface area contributed by atoms with Crippen LogP contribution in [0.2, 0.25) is 0 Å². The fourth-order valence-electron chi connectivity index (χ4n) is 7.53. The summed E-state index contributed by atoms with van der Waals surface area (Å²) in [7, 11) is 3.17. The molecule has 2 fully saturated rings. The van der Waals surface area contributed by atoms with E-state index in [9.17, 15) is 34.8 Å². The third-order valence-electron chi connectivity index (χ3n) is 9.49. The molecule has 1 saturated carbocycles. The third-order valence-corrected chi connectivity index (χ3v) is 9.49. The number of ketones is 2. The van der Waals surface area contributed by atoms with Gasteiger partial charge >= 0.3 is 0 Å². The Bertz CT molecular complexity index is 1550. The van der Waals surface area contributed by atoms with Crippen molar-refractivity contribution in [3.8, 4) is 16.9 Å². The number of hydrogen-bond acceptors (Lipinski definition) is 10. The molecule has 0 spiro atoms. The van der Waals surface area contributed by atoms with Gasteiger partial charge in [0.1, 0.15) is 22.8 Å². The first-order chi connectivity index (χ1) is 20.0. The molecule has 42 heavy (non-hydrogen) atoms. The Labute approximate surface area is 242 Å². The van der Waals surface area contributed by atoms with E-state index in [0.717, 1.165) is 37.9 Å². The van der Waals surface area contributed by atoms with Gasteiger partial charge in [0.05, 0.1) is 24.1 Å². The number of benzene rings is 1. The topological polar surface area (TPSA) is 178 Å². The molecule has 222 valence electrons. The van der Waals surface area contributed by atoms with Gasteiger partial charge in [-0.2, -0.15) is 0 Å². The highest BCUT2D eigenvalue weighted by molar-refractivity contribution is 6.24. The van der Waals surface area contributed by atoms with Crippen LogP contribution in [-0.2, 0) is 27.3 Å². The van der Waals surface area contributed by atoms with Gasteiger partial charge < -0.3 is 30.6 Å². The number of carbonyl (C=O) groups excluding carboxylic acids is 3. The number of nitrogens with zero attached hydrogens (tertiary/aromatic N) is 2. The summed E-state index contributed by atoms with van der Waals surface area (Å²) in [5.74, 6) is -6.60. The minimum Gasteiger partial charge on any atom is -0.508 e. The zero-order valence-corrected chi connectivity index (χ0v) is 23.6. The van der Waals surface area contributed by atoms with E-state index in [-0.39, 0.29) is 29.7 Å². The van der Waals surface area contributed by atoms with E-state index < -0.39 is 58.0 Å². The summed E-state index contributed by atoms with van der Waals surface area (Å²) in [5, 5.41) is 46.2. The van der Waals surface area contributed by atoms with Crippen molar-refractivity contribution in [3.63, 3.8) is 0 Å². The fraction of sp³-hybridized carbons (Fsp3) is 0.452. The Morgan fingerprint density at radius 2 is 1.88 bits per heavy atom. The van der Waals surface area contributed by atoms with Gasteiger partial charge in [0.25, 0.3) is 5.91 Å². The molecule has 2 aromatic rings. The number of carbonyl (C=O) groups is 3. The third kappa shape index (κ3) is 4.02. The molecule has 0 radical (unpaired) electrons. The van der Waals surface area contributed by atoms with E-state index >= 15 is 0 Å². The molecule has 4 aliphatic rings. The molecule has 6 rings (SSSR count). The van der Waals surface area contributed by atoms with Crippen molar-refractivity contribution in [2.75, 3.05) is 27.2 Å². The van der Waals surface area contributed by atoms with Crippen molar-refractivity contribution in [1.29, 1.82) is 0 Å². The highest BCUT2D eigenvalue weighted by Gasteiger charge is 2.64. The number of phenolic OH excluding ortho intramolecular Hbond substituents is 1. The van der Waals surface area contributed by atoms with E-state index in [1.54, 1.807) is 20.2 Å². The first-order valence-electron chi connectivity index (χ1n) is 14.2. The lowest BCUT2D eigenvalue weighted by atomic mass is 9.57. The summed E-state index contributed by atoms with van der Waals surface area (Å²) >= 11 is 0. The summed E-state index contributed by atoms with van der Waals surface area (Å²) < 4.78 is 5.25. The maximum absolute atomic E-state index is 14.2. The number of furan rings is 1. The molecule has 1 aromatic carbocycles. The number of primary amides is 1. The molecule has 1 aliphatic heterocycles. The highest BCUT2D eigenvalue weighted by atomic mass is 16.3. The highest BCUT2D eigenvalue weighted by Crippen LogP contribution is 2.54. The molecule has 1 amide bonds. The Kier molecular flexibility index (Phi) is 6.79. The molecule has 3 aliphatic carbocycles. The average molecular weight is 578 g/mol. The SMILES string of the molecule is CN(C)C1C(=O)C(C(N)=O)=C(O)C2(O)C(=O)C3=C(O)c4c(O)c(-c5ccoc5)cc(CN5CCCCC5)c4CC3CC12. The summed E-state index contributed by atoms with van der Waals surface area (Å²) in [5.41, 5.74) is 4.45. The predicted molar refractivity (Wildman–Crippen MR) is 151 cm³/mol. The summed E-state index contributed by atoms with van der Waals surface area (Å²) in [6.45, 7) is 2.41. The first kappa shape index (κ1) is 28.2. The van der Waals surface area contributed by atoms with Crippen LogP contribution in [-0.4, -0.2) is 86.5 Å². The van der Waals surface area contributed by atoms with Crippen LogP contribution in [0.4, 0.5) is 0 Å². The zero-order valence-electron chi connectivity index (χ0n) is 23.6. The Hall–Kier alpha value is -3.93. The van der Waals surface area contributed by atoms with Crippen LogP contribution >= 0.6 is 0 Å². The lowest BCUT2D eigenvalue weighted by Gasteiger charge is -2.50. The minimum atomic E-state index is -2.67. The molecule has 4 atom stereocenters. The second kappa shape index (κ2) is 10.1. The monoisotopic (exact) mass is 577 g/mol. The molecule has 0 bridgehead atoms. The van der Waals surface area contributed by atoms with E-state index in [0.29, 0.717) is 23.2 Å². The van der Waals surface area contributed by atoms with Crippen LogP contribution in [0.15, 0.2) is 46.0 Å². The maximum atomic E-state index is 14.2. The number of aliphatic hydroxyl groups excluding tert-OH is 2. The van der Waals surface area contributed by atoms with Crippen molar-refractivity contribution >= 4 is 23.2 Å². The quantitative estimate of drug-likeness (QED) is 0.331. The van der Waals surface area contributed by atoms with Gasteiger partial charge in [0.2, 0.25) is 5.78 Å². The molecule has 11 nitrogen and oxygen atoms in total. The molecule has 11 heteroatoms. The second-order valence-electron chi connectivity index (χ2n) is 12.1. The van der Waals surface area contributed by atoms with Crippen LogP contribution in [0.3, 0.4) is 0 Å². The Morgan fingerprint density at radius 1 is 1.17 bits per heavy atom. The van der Waals surface area contributed by atoms with Crippen molar-refractivity contribution in [1.82, 2.24) is 9.80 Å². The smallest absolute Gasteiger partial charge is 0.255 e. The lowest BCUT2D eigenvalue weighted by Crippen LogP contribution is -2.65. The van der Waals surface area contributed by atoms with E-state index in [4.69, 9.17) is 10.2 Å². The average Bonchev–Trinajstić information content (AvgIpc) is 3.47. The van der Waals surface area contributed by atoms with Gasteiger partial charge in [-0.25, -0.2) is 0 Å². The van der Waals surface area contributed by atoms with E-state index in [2.05, 4.69) is 4.90 Å². The molecule has 2 heterocycles. The fourth-order valence-corrected chi connectivity index (χ4v) is 7.53. The number of hydrogen-bond donors (Lipinski definition) is 5.